The number of hydrogen-bond acceptors (Lipinski definition) is 4. The standard InChI is InChI=1S/C20H29N3O2/c1-22-14-15-23(16-20(22)10-9-19(24)21-12-11-20)13-3-4-17-5-7-18(25-2)8-6-17/h3-8H,9-16H2,1-2H3,(H,21,24)/b4-3+/t20-/m1/s1. The molecule has 0 aliphatic carbocycles. The summed E-state index contributed by atoms with van der Waals surface area (Å²) in [7, 11) is 3.89. The first-order valence-corrected chi connectivity index (χ1v) is 9.12. The van der Waals surface area contributed by atoms with Gasteiger partial charge in [0.15, 0.2) is 0 Å². The number of benzene rings is 1. The van der Waals surface area contributed by atoms with Gasteiger partial charge in [0.05, 0.1) is 7.11 Å². The molecule has 2 aliphatic rings. The van der Waals surface area contributed by atoms with Gasteiger partial charge in [-0.15, -0.1) is 0 Å². The molecular formula is C20H29N3O2. The van der Waals surface area contributed by atoms with Crippen LogP contribution in [0.15, 0.2) is 30.3 Å². The van der Waals surface area contributed by atoms with E-state index >= 15 is 0 Å². The van der Waals surface area contributed by atoms with Crippen molar-refractivity contribution in [2.45, 2.75) is 24.8 Å². The van der Waals surface area contributed by atoms with Gasteiger partial charge in [-0.2, -0.15) is 0 Å². The normalized spacial score (nSPS) is 25.9. The fourth-order valence-corrected chi connectivity index (χ4v) is 3.89. The highest BCUT2D eigenvalue weighted by Crippen LogP contribution is 2.30. The van der Waals surface area contributed by atoms with E-state index in [0.717, 1.165) is 51.3 Å². The molecular weight excluding hydrogens is 314 g/mol. The van der Waals surface area contributed by atoms with Crippen LogP contribution in [0.4, 0.5) is 0 Å². The maximum Gasteiger partial charge on any atom is 0.220 e. The van der Waals surface area contributed by atoms with Crippen LogP contribution >= 0.6 is 0 Å². The van der Waals surface area contributed by atoms with Crippen LogP contribution < -0.4 is 10.1 Å². The molecule has 0 bridgehead atoms. The molecule has 0 radical (unpaired) electrons. The van der Waals surface area contributed by atoms with Gasteiger partial charge in [0, 0.05) is 44.7 Å². The zero-order valence-electron chi connectivity index (χ0n) is 15.3. The largest absolute Gasteiger partial charge is 0.497 e. The maximum absolute atomic E-state index is 11.7. The highest BCUT2D eigenvalue weighted by molar-refractivity contribution is 5.76. The Hall–Kier alpha value is -1.85. The average Bonchev–Trinajstić information content (AvgIpc) is 2.81. The third-order valence-electron chi connectivity index (χ3n) is 5.60. The Balaban J connectivity index is 1.59. The number of methoxy groups -OCH3 is 1. The van der Waals surface area contributed by atoms with Gasteiger partial charge in [-0.3, -0.25) is 14.6 Å². The SMILES string of the molecule is COc1ccc(/C=C/CN2CCN(C)[C@]3(CCNC(=O)CC3)C2)cc1. The molecule has 3 rings (SSSR count). The molecule has 2 saturated heterocycles. The number of likely N-dealkylation sites (N-methyl/N-ethyl adjacent to an activating group) is 1. The lowest BCUT2D eigenvalue weighted by molar-refractivity contribution is -0.121. The third-order valence-corrected chi connectivity index (χ3v) is 5.60. The summed E-state index contributed by atoms with van der Waals surface area (Å²) in [4.78, 5) is 16.7. The van der Waals surface area contributed by atoms with Gasteiger partial charge in [-0.1, -0.05) is 24.3 Å². The molecule has 2 heterocycles. The van der Waals surface area contributed by atoms with Crippen LogP contribution in [-0.4, -0.2) is 68.1 Å². The Morgan fingerprint density at radius 1 is 1.24 bits per heavy atom. The van der Waals surface area contributed by atoms with Crippen LogP contribution in [0.1, 0.15) is 24.8 Å². The van der Waals surface area contributed by atoms with Crippen LogP contribution in [-0.2, 0) is 4.79 Å². The second-order valence-electron chi connectivity index (χ2n) is 7.16. The first kappa shape index (κ1) is 18.0. The summed E-state index contributed by atoms with van der Waals surface area (Å²) in [6.45, 7) is 4.91. The van der Waals surface area contributed by atoms with Crippen LogP contribution in [0, 0.1) is 0 Å². The molecule has 1 aromatic rings. The summed E-state index contributed by atoms with van der Waals surface area (Å²) in [6, 6.07) is 8.12. The monoisotopic (exact) mass is 343 g/mol. The summed E-state index contributed by atoms with van der Waals surface area (Å²) < 4.78 is 5.19. The van der Waals surface area contributed by atoms with E-state index < -0.39 is 0 Å². The first-order valence-electron chi connectivity index (χ1n) is 9.12. The number of nitrogens with zero attached hydrogens (tertiary/aromatic N) is 2. The maximum atomic E-state index is 11.7. The number of carbonyl (C=O) groups excluding carboxylic acids is 1. The summed E-state index contributed by atoms with van der Waals surface area (Å²) in [5.74, 6) is 1.08. The minimum absolute atomic E-state index is 0.130. The van der Waals surface area contributed by atoms with Crippen molar-refractivity contribution in [3.05, 3.63) is 35.9 Å². The van der Waals surface area contributed by atoms with E-state index in [1.54, 1.807) is 7.11 Å². The average molecular weight is 343 g/mol. The van der Waals surface area contributed by atoms with Crippen molar-refractivity contribution in [3.8, 4) is 5.75 Å². The molecule has 5 heteroatoms. The number of amides is 1. The van der Waals surface area contributed by atoms with Crippen molar-refractivity contribution in [2.75, 3.05) is 46.9 Å². The van der Waals surface area contributed by atoms with Crippen molar-refractivity contribution < 1.29 is 9.53 Å². The van der Waals surface area contributed by atoms with Gasteiger partial charge in [0.1, 0.15) is 5.75 Å². The minimum Gasteiger partial charge on any atom is -0.497 e. The number of carbonyl (C=O) groups is 1. The lowest BCUT2D eigenvalue weighted by Crippen LogP contribution is -2.61. The molecule has 136 valence electrons. The molecule has 0 aromatic heterocycles. The van der Waals surface area contributed by atoms with Gasteiger partial charge >= 0.3 is 0 Å². The Labute approximate surface area is 150 Å². The molecule has 0 unspecified atom stereocenters. The predicted molar refractivity (Wildman–Crippen MR) is 101 cm³/mol. The molecule has 0 saturated carbocycles. The Morgan fingerprint density at radius 3 is 2.80 bits per heavy atom. The molecule has 1 amide bonds. The van der Waals surface area contributed by atoms with Crippen molar-refractivity contribution in [1.29, 1.82) is 0 Å². The van der Waals surface area contributed by atoms with E-state index in [9.17, 15) is 4.79 Å². The van der Waals surface area contributed by atoms with Crippen LogP contribution in [0.3, 0.4) is 0 Å². The quantitative estimate of drug-likeness (QED) is 0.908. The van der Waals surface area contributed by atoms with Crippen LogP contribution in [0.25, 0.3) is 6.08 Å². The number of nitrogens with one attached hydrogen (secondary N) is 1. The summed E-state index contributed by atoms with van der Waals surface area (Å²) in [5.41, 5.74) is 1.32. The fraction of sp³-hybridized carbons (Fsp3) is 0.550. The topological polar surface area (TPSA) is 44.8 Å². The van der Waals surface area contributed by atoms with Crippen molar-refractivity contribution in [2.24, 2.45) is 0 Å². The number of rotatable bonds is 4. The molecule has 2 fully saturated rings. The van der Waals surface area contributed by atoms with Crippen molar-refractivity contribution >= 4 is 12.0 Å². The molecule has 1 spiro atoms. The van der Waals surface area contributed by atoms with E-state index in [1.165, 1.54) is 5.56 Å². The lowest BCUT2D eigenvalue weighted by atomic mass is 9.86. The highest BCUT2D eigenvalue weighted by Gasteiger charge is 2.40. The molecule has 1 atom stereocenters. The van der Waals surface area contributed by atoms with E-state index in [2.05, 4.69) is 46.4 Å². The smallest absolute Gasteiger partial charge is 0.220 e. The number of hydrogen-bond donors (Lipinski definition) is 1. The summed E-state index contributed by atoms with van der Waals surface area (Å²) in [6.07, 6.45) is 7.03. The predicted octanol–water partition coefficient (Wildman–Crippen LogP) is 1.99. The first-order chi connectivity index (χ1) is 12.1. The zero-order valence-corrected chi connectivity index (χ0v) is 15.3. The molecule has 1 aromatic carbocycles. The Kier molecular flexibility index (Phi) is 5.76. The van der Waals surface area contributed by atoms with Gasteiger partial charge in [-0.25, -0.2) is 0 Å². The van der Waals surface area contributed by atoms with E-state index in [4.69, 9.17) is 4.74 Å². The summed E-state index contributed by atoms with van der Waals surface area (Å²) in [5, 5.41) is 3.02. The second kappa shape index (κ2) is 8.02. The van der Waals surface area contributed by atoms with Crippen molar-refractivity contribution in [3.63, 3.8) is 0 Å². The van der Waals surface area contributed by atoms with E-state index in [1.807, 2.05) is 12.1 Å². The lowest BCUT2D eigenvalue weighted by Gasteiger charge is -2.49. The van der Waals surface area contributed by atoms with Gasteiger partial charge in [-0.05, 0) is 37.6 Å². The third kappa shape index (κ3) is 4.41. The van der Waals surface area contributed by atoms with Gasteiger partial charge < -0.3 is 10.1 Å². The van der Waals surface area contributed by atoms with Crippen LogP contribution in [0.2, 0.25) is 0 Å². The fourth-order valence-electron chi connectivity index (χ4n) is 3.89. The molecule has 25 heavy (non-hydrogen) atoms. The van der Waals surface area contributed by atoms with Gasteiger partial charge in [0.2, 0.25) is 5.91 Å². The highest BCUT2D eigenvalue weighted by atomic mass is 16.5. The zero-order chi connectivity index (χ0) is 17.7. The summed E-state index contributed by atoms with van der Waals surface area (Å²) >= 11 is 0. The minimum atomic E-state index is 0.130. The van der Waals surface area contributed by atoms with Gasteiger partial charge in [0.25, 0.3) is 0 Å². The number of piperazine rings is 1. The molecule has 1 N–H and O–H groups in total. The Bertz CT molecular complexity index is 614. The van der Waals surface area contributed by atoms with Crippen LogP contribution in [0.5, 0.6) is 5.75 Å². The molecule has 5 nitrogen and oxygen atoms in total. The van der Waals surface area contributed by atoms with Crippen molar-refractivity contribution in [1.82, 2.24) is 15.1 Å². The number of ether oxygens (including phenoxy) is 1. The Morgan fingerprint density at radius 2 is 2.04 bits per heavy atom. The molecule has 2 aliphatic heterocycles. The van der Waals surface area contributed by atoms with E-state index in [-0.39, 0.29) is 11.4 Å². The second-order valence-corrected chi connectivity index (χ2v) is 7.16. The van der Waals surface area contributed by atoms with E-state index in [0.29, 0.717) is 6.42 Å².